The maximum atomic E-state index is 11.4. The molecule has 84 valence electrons. The van der Waals surface area contributed by atoms with E-state index in [1.165, 1.54) is 7.11 Å². The number of aliphatic hydroxyl groups is 1. The summed E-state index contributed by atoms with van der Waals surface area (Å²) in [7, 11) is 1.35. The van der Waals surface area contributed by atoms with Crippen LogP contribution in [0.3, 0.4) is 0 Å². The number of nitrogens with two attached hydrogens (primary N) is 1. The minimum absolute atomic E-state index is 0.232. The van der Waals surface area contributed by atoms with Crippen LogP contribution in [0.5, 0.6) is 0 Å². The Labute approximate surface area is 85.4 Å². The topological polar surface area (TPSA) is 72.5 Å². The van der Waals surface area contributed by atoms with Gasteiger partial charge in [-0.05, 0) is 33.6 Å². The third-order valence-electron chi connectivity index (χ3n) is 2.42. The van der Waals surface area contributed by atoms with E-state index in [-0.39, 0.29) is 12.5 Å². The fourth-order valence-corrected chi connectivity index (χ4v) is 1.12. The summed E-state index contributed by atoms with van der Waals surface area (Å²) >= 11 is 0. The Morgan fingerprint density at radius 1 is 1.36 bits per heavy atom. The summed E-state index contributed by atoms with van der Waals surface area (Å²) in [4.78, 5) is 11.4. The normalized spacial score (nSPS) is 16.1. The fourth-order valence-electron chi connectivity index (χ4n) is 1.12. The van der Waals surface area contributed by atoms with E-state index >= 15 is 0 Å². The number of carbonyl (C=O) groups excluding carboxylic acids is 1. The molecule has 0 aliphatic carbocycles. The van der Waals surface area contributed by atoms with Crippen LogP contribution in [0.2, 0.25) is 0 Å². The van der Waals surface area contributed by atoms with E-state index in [0.29, 0.717) is 12.8 Å². The summed E-state index contributed by atoms with van der Waals surface area (Å²) in [5.41, 5.74) is 4.07. The van der Waals surface area contributed by atoms with E-state index in [1.807, 2.05) is 0 Å². The number of methoxy groups -OCH3 is 1. The molecule has 0 fully saturated rings. The molecule has 0 amide bonds. The minimum Gasteiger partial charge on any atom is -0.469 e. The molecule has 4 heteroatoms. The van der Waals surface area contributed by atoms with Crippen molar-refractivity contribution < 1.29 is 14.6 Å². The lowest BCUT2D eigenvalue weighted by Gasteiger charge is -2.28. The lowest BCUT2D eigenvalue weighted by atomic mass is 9.82. The molecule has 0 aromatic rings. The molecule has 0 spiro atoms. The second-order valence-corrected chi connectivity index (χ2v) is 4.57. The zero-order valence-corrected chi connectivity index (χ0v) is 9.46. The van der Waals surface area contributed by atoms with E-state index < -0.39 is 11.0 Å². The molecule has 1 unspecified atom stereocenters. The first-order chi connectivity index (χ1) is 6.25. The highest BCUT2D eigenvalue weighted by atomic mass is 16.5. The Kier molecular flexibility index (Phi) is 4.55. The molecule has 0 bridgehead atoms. The van der Waals surface area contributed by atoms with Crippen molar-refractivity contribution in [1.82, 2.24) is 0 Å². The van der Waals surface area contributed by atoms with Crippen LogP contribution in [0.25, 0.3) is 0 Å². The number of esters is 1. The van der Waals surface area contributed by atoms with Crippen molar-refractivity contribution in [2.24, 2.45) is 11.1 Å². The number of rotatable bonds is 5. The molecular weight excluding hydrogens is 182 g/mol. The highest BCUT2D eigenvalue weighted by Gasteiger charge is 2.34. The molecule has 14 heavy (non-hydrogen) atoms. The Bertz CT molecular complexity index is 198. The highest BCUT2D eigenvalue weighted by Crippen LogP contribution is 2.27. The SMILES string of the molecule is COC(=O)C(C)(CN)CCC(C)(C)O. The van der Waals surface area contributed by atoms with Crippen LogP contribution in [0.4, 0.5) is 0 Å². The molecule has 0 saturated heterocycles. The third kappa shape index (κ3) is 4.07. The maximum Gasteiger partial charge on any atom is 0.312 e. The van der Waals surface area contributed by atoms with Gasteiger partial charge in [-0.3, -0.25) is 4.79 Å². The molecule has 0 saturated carbocycles. The van der Waals surface area contributed by atoms with E-state index in [2.05, 4.69) is 4.74 Å². The molecule has 0 aromatic carbocycles. The van der Waals surface area contributed by atoms with Crippen LogP contribution in [-0.4, -0.2) is 30.3 Å². The Balaban J connectivity index is 4.34. The molecule has 1 atom stereocenters. The predicted octanol–water partition coefficient (Wildman–Crippen LogP) is 0.675. The Hall–Kier alpha value is -0.610. The smallest absolute Gasteiger partial charge is 0.312 e. The van der Waals surface area contributed by atoms with Gasteiger partial charge in [-0.25, -0.2) is 0 Å². The molecular formula is C10H21NO3. The number of hydrogen-bond donors (Lipinski definition) is 2. The summed E-state index contributed by atoms with van der Waals surface area (Å²) in [6, 6.07) is 0. The Morgan fingerprint density at radius 3 is 2.14 bits per heavy atom. The van der Waals surface area contributed by atoms with Crippen molar-refractivity contribution in [3.8, 4) is 0 Å². The largest absolute Gasteiger partial charge is 0.469 e. The van der Waals surface area contributed by atoms with Crippen LogP contribution in [0.1, 0.15) is 33.6 Å². The molecule has 3 N–H and O–H groups in total. The van der Waals surface area contributed by atoms with Crippen LogP contribution in [0.15, 0.2) is 0 Å². The Morgan fingerprint density at radius 2 is 1.86 bits per heavy atom. The zero-order chi connectivity index (χ0) is 11.4. The van der Waals surface area contributed by atoms with Gasteiger partial charge in [0.1, 0.15) is 0 Å². The number of ether oxygens (including phenoxy) is 1. The minimum atomic E-state index is -0.773. The van der Waals surface area contributed by atoms with Gasteiger partial charge in [0.25, 0.3) is 0 Å². The van der Waals surface area contributed by atoms with E-state index in [1.54, 1.807) is 20.8 Å². The molecule has 0 aliphatic heterocycles. The van der Waals surface area contributed by atoms with Gasteiger partial charge in [0.15, 0.2) is 0 Å². The predicted molar refractivity (Wildman–Crippen MR) is 54.7 cm³/mol. The number of carbonyl (C=O) groups is 1. The molecule has 0 radical (unpaired) electrons. The monoisotopic (exact) mass is 203 g/mol. The zero-order valence-electron chi connectivity index (χ0n) is 9.46. The molecule has 0 aliphatic rings. The second-order valence-electron chi connectivity index (χ2n) is 4.57. The summed E-state index contributed by atoms with van der Waals surface area (Å²) < 4.78 is 4.67. The summed E-state index contributed by atoms with van der Waals surface area (Å²) in [6.07, 6.45) is 1.05. The van der Waals surface area contributed by atoms with Crippen molar-refractivity contribution in [1.29, 1.82) is 0 Å². The first-order valence-corrected chi connectivity index (χ1v) is 4.76. The van der Waals surface area contributed by atoms with Gasteiger partial charge in [0.05, 0.1) is 18.1 Å². The van der Waals surface area contributed by atoms with Gasteiger partial charge in [0.2, 0.25) is 0 Å². The quantitative estimate of drug-likeness (QED) is 0.644. The van der Waals surface area contributed by atoms with Crippen molar-refractivity contribution >= 4 is 5.97 Å². The average Bonchev–Trinajstić information content (AvgIpc) is 2.11. The van der Waals surface area contributed by atoms with E-state index in [9.17, 15) is 9.90 Å². The standard InChI is InChI=1S/C10H21NO3/c1-9(2,13)5-6-10(3,7-11)8(12)14-4/h13H,5-7,11H2,1-4H3. The second kappa shape index (κ2) is 4.75. The van der Waals surface area contributed by atoms with Crippen molar-refractivity contribution in [2.75, 3.05) is 13.7 Å². The molecule has 0 heterocycles. The van der Waals surface area contributed by atoms with Gasteiger partial charge in [-0.15, -0.1) is 0 Å². The maximum absolute atomic E-state index is 11.4. The molecule has 0 aromatic heterocycles. The van der Waals surface area contributed by atoms with Crippen molar-refractivity contribution in [3.05, 3.63) is 0 Å². The average molecular weight is 203 g/mol. The first-order valence-electron chi connectivity index (χ1n) is 4.76. The van der Waals surface area contributed by atoms with Crippen LogP contribution in [-0.2, 0) is 9.53 Å². The first kappa shape index (κ1) is 13.4. The van der Waals surface area contributed by atoms with Gasteiger partial charge < -0.3 is 15.6 Å². The molecule has 4 nitrogen and oxygen atoms in total. The highest BCUT2D eigenvalue weighted by molar-refractivity contribution is 5.76. The van der Waals surface area contributed by atoms with Gasteiger partial charge in [-0.2, -0.15) is 0 Å². The van der Waals surface area contributed by atoms with Crippen molar-refractivity contribution in [2.45, 2.75) is 39.2 Å². The van der Waals surface area contributed by atoms with E-state index in [0.717, 1.165) is 0 Å². The van der Waals surface area contributed by atoms with Crippen LogP contribution >= 0.6 is 0 Å². The summed E-state index contributed by atoms with van der Waals surface area (Å²) in [5, 5.41) is 9.54. The fraction of sp³-hybridized carbons (Fsp3) is 0.900. The van der Waals surface area contributed by atoms with Crippen LogP contribution in [0, 0.1) is 5.41 Å². The third-order valence-corrected chi connectivity index (χ3v) is 2.42. The van der Waals surface area contributed by atoms with E-state index in [4.69, 9.17) is 5.73 Å². The van der Waals surface area contributed by atoms with Gasteiger partial charge >= 0.3 is 5.97 Å². The van der Waals surface area contributed by atoms with Gasteiger partial charge in [-0.1, -0.05) is 0 Å². The summed E-state index contributed by atoms with van der Waals surface area (Å²) in [5.74, 6) is -0.316. The molecule has 0 rings (SSSR count). The number of hydrogen-bond acceptors (Lipinski definition) is 4. The lowest BCUT2D eigenvalue weighted by molar-refractivity contribution is -0.152. The van der Waals surface area contributed by atoms with Crippen molar-refractivity contribution in [3.63, 3.8) is 0 Å². The van der Waals surface area contributed by atoms with Crippen LogP contribution < -0.4 is 5.73 Å². The summed E-state index contributed by atoms with van der Waals surface area (Å²) in [6.45, 7) is 5.41. The van der Waals surface area contributed by atoms with Gasteiger partial charge in [0, 0.05) is 6.54 Å². The lowest BCUT2D eigenvalue weighted by Crippen LogP contribution is -2.38.